The van der Waals surface area contributed by atoms with Crippen molar-refractivity contribution in [2.24, 2.45) is 0 Å². The summed E-state index contributed by atoms with van der Waals surface area (Å²) < 4.78 is 10.8. The lowest BCUT2D eigenvalue weighted by atomic mass is 10.0. The number of hydrogen-bond acceptors (Lipinski definition) is 3. The summed E-state index contributed by atoms with van der Waals surface area (Å²) in [6.45, 7) is 0.688. The van der Waals surface area contributed by atoms with Gasteiger partial charge in [-0.1, -0.05) is 18.2 Å². The van der Waals surface area contributed by atoms with Gasteiger partial charge in [-0.3, -0.25) is 0 Å². The van der Waals surface area contributed by atoms with Crippen molar-refractivity contribution in [3.05, 3.63) is 53.8 Å². The first-order valence-electron chi connectivity index (χ1n) is 6.86. The third-order valence-corrected chi connectivity index (χ3v) is 3.62. The fourth-order valence-corrected chi connectivity index (χ4v) is 2.47. The van der Waals surface area contributed by atoms with Crippen LogP contribution in [0.4, 0.5) is 0 Å². The van der Waals surface area contributed by atoms with E-state index in [2.05, 4.69) is 0 Å². The van der Waals surface area contributed by atoms with Crippen molar-refractivity contribution in [2.75, 3.05) is 13.7 Å². The van der Waals surface area contributed by atoms with Crippen LogP contribution in [0.3, 0.4) is 0 Å². The molecule has 1 aliphatic rings. The van der Waals surface area contributed by atoms with Crippen LogP contribution in [-0.4, -0.2) is 18.8 Å². The minimum absolute atomic E-state index is 0.670. The zero-order valence-electron chi connectivity index (χ0n) is 11.5. The van der Waals surface area contributed by atoms with E-state index in [0.29, 0.717) is 12.4 Å². The van der Waals surface area contributed by atoms with Gasteiger partial charge in [0.05, 0.1) is 13.7 Å². The van der Waals surface area contributed by atoms with Gasteiger partial charge in [-0.05, 0) is 53.5 Å². The Morgan fingerprint density at radius 3 is 2.70 bits per heavy atom. The number of aliphatic hydroxyl groups excluding tert-OH is 1. The van der Waals surface area contributed by atoms with Crippen LogP contribution in [0.15, 0.2) is 48.2 Å². The summed E-state index contributed by atoms with van der Waals surface area (Å²) in [5.41, 5.74) is 0.857. The molecule has 1 N–H and O–H groups in total. The van der Waals surface area contributed by atoms with Crippen LogP contribution in [-0.2, 0) is 4.74 Å². The summed E-state index contributed by atoms with van der Waals surface area (Å²) in [4.78, 5) is 0. The number of allylic oxidation sites excluding steroid dienone is 1. The zero-order chi connectivity index (χ0) is 13.9. The molecule has 1 aliphatic heterocycles. The van der Waals surface area contributed by atoms with E-state index in [1.165, 1.54) is 0 Å². The lowest BCUT2D eigenvalue weighted by Crippen LogP contribution is -2.09. The average Bonchev–Trinajstić information content (AvgIpc) is 2.54. The lowest BCUT2D eigenvalue weighted by Gasteiger charge is -2.20. The molecule has 1 heterocycles. The van der Waals surface area contributed by atoms with E-state index in [1.807, 2.05) is 42.5 Å². The molecule has 3 rings (SSSR count). The Bertz CT molecular complexity index is 646. The summed E-state index contributed by atoms with van der Waals surface area (Å²) in [5.74, 6) is 1.51. The van der Waals surface area contributed by atoms with Crippen LogP contribution in [0.5, 0.6) is 5.75 Å². The van der Waals surface area contributed by atoms with Gasteiger partial charge in [0, 0.05) is 0 Å². The molecule has 0 spiro atoms. The van der Waals surface area contributed by atoms with Gasteiger partial charge in [0.25, 0.3) is 0 Å². The molecule has 0 saturated heterocycles. The number of rotatable bonds is 3. The first kappa shape index (κ1) is 13.0. The van der Waals surface area contributed by atoms with Crippen molar-refractivity contribution >= 4 is 10.8 Å². The monoisotopic (exact) mass is 270 g/mol. The number of benzene rings is 2. The maximum Gasteiger partial charge on any atom is 0.136 e. The minimum Gasteiger partial charge on any atom is -0.497 e. The number of aliphatic hydroxyl groups is 1. The van der Waals surface area contributed by atoms with Crippen LogP contribution in [0, 0.1) is 0 Å². The molecule has 1 atom stereocenters. The van der Waals surface area contributed by atoms with Crippen molar-refractivity contribution in [1.82, 2.24) is 0 Å². The van der Waals surface area contributed by atoms with Gasteiger partial charge in [-0.2, -0.15) is 0 Å². The van der Waals surface area contributed by atoms with Crippen LogP contribution in [0.1, 0.15) is 24.5 Å². The van der Waals surface area contributed by atoms with Gasteiger partial charge in [-0.25, -0.2) is 0 Å². The highest BCUT2D eigenvalue weighted by Crippen LogP contribution is 2.29. The van der Waals surface area contributed by atoms with Gasteiger partial charge in [0.1, 0.15) is 17.6 Å². The number of fused-ring (bicyclic) bond motifs is 1. The second kappa shape index (κ2) is 5.55. The van der Waals surface area contributed by atoms with Crippen LogP contribution < -0.4 is 4.74 Å². The van der Waals surface area contributed by atoms with Crippen molar-refractivity contribution < 1.29 is 14.6 Å². The Morgan fingerprint density at radius 2 is 1.95 bits per heavy atom. The fourth-order valence-electron chi connectivity index (χ4n) is 2.47. The van der Waals surface area contributed by atoms with E-state index < -0.39 is 6.10 Å². The van der Waals surface area contributed by atoms with Gasteiger partial charge in [0.2, 0.25) is 0 Å². The predicted molar refractivity (Wildman–Crippen MR) is 78.7 cm³/mol. The molecule has 2 aromatic rings. The molecule has 1 unspecified atom stereocenters. The van der Waals surface area contributed by atoms with E-state index in [-0.39, 0.29) is 0 Å². The summed E-state index contributed by atoms with van der Waals surface area (Å²) in [5, 5.41) is 12.6. The van der Waals surface area contributed by atoms with Crippen molar-refractivity contribution in [1.29, 1.82) is 0 Å². The average molecular weight is 270 g/mol. The molecule has 0 aromatic heterocycles. The van der Waals surface area contributed by atoms with Crippen molar-refractivity contribution in [2.45, 2.75) is 18.9 Å². The van der Waals surface area contributed by atoms with Crippen LogP contribution in [0.25, 0.3) is 10.8 Å². The second-order valence-corrected chi connectivity index (χ2v) is 4.97. The normalized spacial score (nSPS) is 16.4. The Hall–Kier alpha value is -2.00. The van der Waals surface area contributed by atoms with Gasteiger partial charge >= 0.3 is 0 Å². The Labute approximate surface area is 118 Å². The van der Waals surface area contributed by atoms with Crippen LogP contribution in [0.2, 0.25) is 0 Å². The predicted octanol–water partition coefficient (Wildman–Crippen LogP) is 3.58. The van der Waals surface area contributed by atoms with E-state index in [0.717, 1.165) is 34.9 Å². The summed E-state index contributed by atoms with van der Waals surface area (Å²) in [6.07, 6.45) is 3.29. The first-order chi connectivity index (χ1) is 9.78. The van der Waals surface area contributed by atoms with Crippen molar-refractivity contribution in [3.63, 3.8) is 0 Å². The highest BCUT2D eigenvalue weighted by Gasteiger charge is 2.17. The van der Waals surface area contributed by atoms with Gasteiger partial charge < -0.3 is 14.6 Å². The van der Waals surface area contributed by atoms with E-state index in [1.54, 1.807) is 7.11 Å². The van der Waals surface area contributed by atoms with E-state index in [4.69, 9.17) is 9.47 Å². The molecule has 0 radical (unpaired) electrons. The Morgan fingerprint density at radius 1 is 1.15 bits per heavy atom. The largest absolute Gasteiger partial charge is 0.497 e. The first-order valence-corrected chi connectivity index (χ1v) is 6.86. The third kappa shape index (κ3) is 2.49. The van der Waals surface area contributed by atoms with Crippen LogP contribution >= 0.6 is 0 Å². The standard InChI is InChI=1S/C17H18O3/c1-19-15-8-7-12-10-14(6-5-13(12)11-15)17(18)16-4-2-3-9-20-16/h4-8,10-11,17-18H,2-3,9H2,1H3. The smallest absolute Gasteiger partial charge is 0.136 e. The summed E-state index contributed by atoms with van der Waals surface area (Å²) in [6, 6.07) is 11.8. The molecule has 0 saturated carbocycles. The quantitative estimate of drug-likeness (QED) is 0.926. The summed E-state index contributed by atoms with van der Waals surface area (Å²) >= 11 is 0. The zero-order valence-corrected chi connectivity index (χ0v) is 11.5. The summed E-state index contributed by atoms with van der Waals surface area (Å²) in [7, 11) is 1.66. The van der Waals surface area contributed by atoms with E-state index in [9.17, 15) is 5.11 Å². The molecule has 104 valence electrons. The van der Waals surface area contributed by atoms with Crippen molar-refractivity contribution in [3.8, 4) is 5.75 Å². The Balaban J connectivity index is 1.94. The van der Waals surface area contributed by atoms with E-state index >= 15 is 0 Å². The molecular weight excluding hydrogens is 252 g/mol. The van der Waals surface area contributed by atoms with Gasteiger partial charge in [0.15, 0.2) is 0 Å². The number of ether oxygens (including phenoxy) is 2. The topological polar surface area (TPSA) is 38.7 Å². The molecule has 20 heavy (non-hydrogen) atoms. The number of hydrogen-bond donors (Lipinski definition) is 1. The molecule has 0 bridgehead atoms. The SMILES string of the molecule is COc1ccc2cc(C(O)C3=CCCCO3)ccc2c1. The molecule has 0 aliphatic carbocycles. The minimum atomic E-state index is -0.679. The fraction of sp³-hybridized carbons (Fsp3) is 0.294. The molecule has 3 heteroatoms. The Kier molecular flexibility index (Phi) is 3.61. The molecular formula is C17H18O3. The van der Waals surface area contributed by atoms with Gasteiger partial charge in [-0.15, -0.1) is 0 Å². The third-order valence-electron chi connectivity index (χ3n) is 3.62. The highest BCUT2D eigenvalue weighted by atomic mass is 16.5. The maximum absolute atomic E-state index is 10.4. The highest BCUT2D eigenvalue weighted by molar-refractivity contribution is 5.84. The second-order valence-electron chi connectivity index (χ2n) is 4.97. The number of methoxy groups -OCH3 is 1. The lowest BCUT2D eigenvalue weighted by molar-refractivity contribution is 0.0919. The maximum atomic E-state index is 10.4. The molecule has 0 fully saturated rings. The molecule has 3 nitrogen and oxygen atoms in total. The molecule has 0 amide bonds. The molecule has 2 aromatic carbocycles.